The van der Waals surface area contributed by atoms with E-state index < -0.39 is 6.10 Å². The van der Waals surface area contributed by atoms with Crippen molar-refractivity contribution in [3.05, 3.63) is 72.9 Å². The van der Waals surface area contributed by atoms with Crippen LogP contribution < -0.4 is 0 Å². The van der Waals surface area contributed by atoms with Gasteiger partial charge in [-0.15, -0.1) is 0 Å². The van der Waals surface area contributed by atoms with Gasteiger partial charge < -0.3 is 14.2 Å². The fourth-order valence-corrected chi connectivity index (χ4v) is 7.37. The molecule has 0 radical (unpaired) electrons. The summed E-state index contributed by atoms with van der Waals surface area (Å²) in [6, 6.07) is 0. The van der Waals surface area contributed by atoms with Crippen LogP contribution in [0.2, 0.25) is 0 Å². The highest BCUT2D eigenvalue weighted by molar-refractivity contribution is 5.71. The van der Waals surface area contributed by atoms with Gasteiger partial charge in [0, 0.05) is 19.3 Å². The van der Waals surface area contributed by atoms with Gasteiger partial charge in [0.2, 0.25) is 0 Å². The van der Waals surface area contributed by atoms with Gasteiger partial charge in [-0.1, -0.05) is 235 Å². The van der Waals surface area contributed by atoms with Crippen molar-refractivity contribution in [1.82, 2.24) is 0 Å². The smallest absolute Gasteiger partial charge is 0.306 e. The Morgan fingerprint density at radius 1 is 0.312 bits per heavy atom. The Morgan fingerprint density at radius 2 is 0.609 bits per heavy atom. The molecule has 0 saturated heterocycles. The molecule has 368 valence electrons. The van der Waals surface area contributed by atoms with Gasteiger partial charge in [0.25, 0.3) is 0 Å². The zero-order valence-electron chi connectivity index (χ0n) is 42.0. The van der Waals surface area contributed by atoms with Crippen LogP contribution in [0.3, 0.4) is 0 Å². The second-order valence-corrected chi connectivity index (χ2v) is 17.8. The van der Waals surface area contributed by atoms with Crippen LogP contribution >= 0.6 is 0 Å². The third-order valence-electron chi connectivity index (χ3n) is 11.4. The lowest BCUT2D eigenvalue weighted by Gasteiger charge is -2.18. The molecule has 0 saturated carbocycles. The first-order chi connectivity index (χ1) is 31.5. The van der Waals surface area contributed by atoms with Crippen molar-refractivity contribution >= 4 is 17.9 Å². The van der Waals surface area contributed by atoms with E-state index in [2.05, 4.69) is 87.6 Å². The average molecular weight is 893 g/mol. The molecule has 0 heterocycles. The summed E-state index contributed by atoms with van der Waals surface area (Å²) >= 11 is 0. The highest BCUT2D eigenvalue weighted by Gasteiger charge is 2.19. The Bertz CT molecular complexity index is 1210. The van der Waals surface area contributed by atoms with E-state index in [0.29, 0.717) is 19.3 Å². The number of rotatable bonds is 48. The first kappa shape index (κ1) is 60.9. The number of carbonyl (C=O) groups is 3. The molecule has 0 rings (SSSR count). The van der Waals surface area contributed by atoms with Crippen LogP contribution in [0.5, 0.6) is 0 Å². The quantitative estimate of drug-likeness (QED) is 0.0262. The summed E-state index contributed by atoms with van der Waals surface area (Å²) in [6.07, 6.45) is 66.2. The first-order valence-corrected chi connectivity index (χ1v) is 26.9. The fourth-order valence-electron chi connectivity index (χ4n) is 7.37. The Morgan fingerprint density at radius 3 is 1.05 bits per heavy atom. The molecular formula is C58H100O6. The molecule has 0 aromatic heterocycles. The summed E-state index contributed by atoms with van der Waals surface area (Å²) in [6.45, 7) is 6.51. The van der Waals surface area contributed by atoms with Gasteiger partial charge in [0.05, 0.1) is 0 Å². The number of ether oxygens (including phenoxy) is 3. The van der Waals surface area contributed by atoms with E-state index in [1.807, 2.05) is 6.08 Å². The van der Waals surface area contributed by atoms with Crippen molar-refractivity contribution in [2.24, 2.45) is 0 Å². The summed E-state index contributed by atoms with van der Waals surface area (Å²) in [7, 11) is 0. The van der Waals surface area contributed by atoms with Gasteiger partial charge in [-0.3, -0.25) is 14.4 Å². The Balaban J connectivity index is 4.50. The third-order valence-corrected chi connectivity index (χ3v) is 11.4. The maximum atomic E-state index is 12.8. The van der Waals surface area contributed by atoms with Crippen molar-refractivity contribution in [3.8, 4) is 0 Å². The molecule has 0 aliphatic rings. The van der Waals surface area contributed by atoms with Crippen molar-refractivity contribution in [2.45, 2.75) is 264 Å². The topological polar surface area (TPSA) is 78.9 Å². The molecule has 0 aromatic rings. The van der Waals surface area contributed by atoms with Crippen LogP contribution in [0, 0.1) is 0 Å². The fraction of sp³-hybridized carbons (Fsp3) is 0.741. The lowest BCUT2D eigenvalue weighted by atomic mass is 10.0. The molecule has 0 fully saturated rings. The predicted octanol–water partition coefficient (Wildman–Crippen LogP) is 17.8. The summed E-state index contributed by atoms with van der Waals surface area (Å²) in [5.41, 5.74) is 0. The minimum atomic E-state index is -0.817. The van der Waals surface area contributed by atoms with Crippen molar-refractivity contribution in [3.63, 3.8) is 0 Å². The zero-order valence-corrected chi connectivity index (χ0v) is 42.0. The second-order valence-electron chi connectivity index (χ2n) is 17.8. The van der Waals surface area contributed by atoms with Crippen molar-refractivity contribution in [2.75, 3.05) is 13.2 Å². The van der Waals surface area contributed by atoms with Gasteiger partial charge >= 0.3 is 17.9 Å². The molecule has 0 N–H and O–H groups in total. The van der Waals surface area contributed by atoms with E-state index in [0.717, 1.165) is 57.8 Å². The van der Waals surface area contributed by atoms with Crippen LogP contribution in [0.4, 0.5) is 0 Å². The zero-order chi connectivity index (χ0) is 46.5. The molecule has 0 amide bonds. The molecular weight excluding hydrogens is 793 g/mol. The summed E-state index contributed by atoms with van der Waals surface area (Å²) in [5, 5.41) is 0. The number of allylic oxidation sites excluding steroid dienone is 12. The molecule has 6 nitrogen and oxygen atoms in total. The molecule has 1 unspecified atom stereocenters. The van der Waals surface area contributed by atoms with Gasteiger partial charge in [0.15, 0.2) is 6.10 Å². The maximum absolute atomic E-state index is 12.8. The minimum Gasteiger partial charge on any atom is -0.462 e. The van der Waals surface area contributed by atoms with Gasteiger partial charge in [-0.2, -0.15) is 0 Å². The molecule has 0 aliphatic carbocycles. The third kappa shape index (κ3) is 49.9. The molecule has 1 atom stereocenters. The van der Waals surface area contributed by atoms with Crippen LogP contribution in [0.1, 0.15) is 258 Å². The highest BCUT2D eigenvalue weighted by atomic mass is 16.6. The minimum absolute atomic E-state index is 0.119. The molecule has 64 heavy (non-hydrogen) atoms. The Kier molecular flexibility index (Phi) is 49.9. The standard InChI is InChI=1S/C58H100O6/c1-4-7-10-13-16-19-22-25-27-29-31-33-36-39-42-45-48-51-57(60)63-54-55(53-62-56(59)50-47-44-41-38-35-32-24-21-18-15-12-9-6-3)64-58(61)52-49-46-43-40-37-34-30-28-26-23-20-17-14-11-8-5-2/h16,19,25,27,31-33,35,39,41-42,44,55H,4-15,17-18,20-24,26,28-30,34,36-38,40,43,45-54H2,1-3H3/b19-16+,27-25+,33-31+,35-32+,42-39+,44-41+. The van der Waals surface area contributed by atoms with Crippen LogP contribution in [0.15, 0.2) is 72.9 Å². The Hall–Kier alpha value is -3.15. The molecule has 6 heteroatoms. The molecule has 0 aromatic carbocycles. The first-order valence-electron chi connectivity index (χ1n) is 26.9. The molecule has 0 spiro atoms. The number of esters is 3. The SMILES string of the molecule is CCCCC/C=C/C/C=C/C/C=C/C/C=C/CCCC(=O)OCC(COC(=O)CC/C=C/C/C=C/CCCCCCCC)OC(=O)CCCCCCCCCCCCCCCCCC. The van der Waals surface area contributed by atoms with Crippen LogP contribution in [-0.2, 0) is 28.6 Å². The monoisotopic (exact) mass is 893 g/mol. The molecule has 0 bridgehead atoms. The van der Waals surface area contributed by atoms with E-state index in [1.54, 1.807) is 0 Å². The average Bonchev–Trinajstić information content (AvgIpc) is 3.29. The lowest BCUT2D eigenvalue weighted by molar-refractivity contribution is -0.166. The second kappa shape index (κ2) is 52.5. The highest BCUT2D eigenvalue weighted by Crippen LogP contribution is 2.15. The van der Waals surface area contributed by atoms with E-state index >= 15 is 0 Å². The number of unbranched alkanes of at least 4 members (excludes halogenated alkanes) is 25. The van der Waals surface area contributed by atoms with E-state index in [9.17, 15) is 14.4 Å². The van der Waals surface area contributed by atoms with Gasteiger partial charge in [-0.05, 0) is 77.0 Å². The van der Waals surface area contributed by atoms with E-state index in [1.165, 1.54) is 148 Å². The van der Waals surface area contributed by atoms with Gasteiger partial charge in [-0.25, -0.2) is 0 Å². The maximum Gasteiger partial charge on any atom is 0.306 e. The van der Waals surface area contributed by atoms with Crippen molar-refractivity contribution < 1.29 is 28.6 Å². The van der Waals surface area contributed by atoms with Gasteiger partial charge in [0.1, 0.15) is 13.2 Å². The van der Waals surface area contributed by atoms with E-state index in [-0.39, 0.29) is 44.0 Å². The molecule has 0 aliphatic heterocycles. The Labute approximate surface area is 395 Å². The lowest BCUT2D eigenvalue weighted by Crippen LogP contribution is -2.30. The summed E-state index contributed by atoms with van der Waals surface area (Å²) in [4.78, 5) is 38.0. The number of hydrogen-bond acceptors (Lipinski definition) is 6. The van der Waals surface area contributed by atoms with Crippen LogP contribution in [0.25, 0.3) is 0 Å². The van der Waals surface area contributed by atoms with Crippen molar-refractivity contribution in [1.29, 1.82) is 0 Å². The van der Waals surface area contributed by atoms with E-state index in [4.69, 9.17) is 14.2 Å². The number of hydrogen-bond donors (Lipinski definition) is 0. The summed E-state index contributed by atoms with van der Waals surface area (Å²) in [5.74, 6) is -1.03. The number of carbonyl (C=O) groups excluding carboxylic acids is 3. The summed E-state index contributed by atoms with van der Waals surface area (Å²) < 4.78 is 16.7. The predicted molar refractivity (Wildman–Crippen MR) is 274 cm³/mol. The largest absolute Gasteiger partial charge is 0.462 e. The normalized spacial score (nSPS) is 12.6. The van der Waals surface area contributed by atoms with Crippen LogP contribution in [-0.4, -0.2) is 37.2 Å².